The van der Waals surface area contributed by atoms with Crippen molar-refractivity contribution in [3.8, 4) is 17.2 Å². The first-order valence-corrected chi connectivity index (χ1v) is 10.6. The van der Waals surface area contributed by atoms with Crippen LogP contribution in [0.25, 0.3) is 22.1 Å². The number of hydrogen-bond acceptors (Lipinski definition) is 7. The van der Waals surface area contributed by atoms with Crippen LogP contribution in [0, 0.1) is 11.3 Å². The largest absolute Gasteiger partial charge is 0.478 e. The van der Waals surface area contributed by atoms with Gasteiger partial charge in [0.05, 0.1) is 28.3 Å². The van der Waals surface area contributed by atoms with Crippen molar-refractivity contribution in [1.29, 1.82) is 5.26 Å². The third-order valence-electron chi connectivity index (χ3n) is 5.33. The molecule has 3 N–H and O–H groups in total. The highest BCUT2D eigenvalue weighted by Crippen LogP contribution is 2.32. The molecule has 10 nitrogen and oxygen atoms in total. The van der Waals surface area contributed by atoms with Gasteiger partial charge in [-0.05, 0) is 60.5 Å². The number of aromatic nitrogens is 1. The Hall–Kier alpha value is -5.30. The fourth-order valence-corrected chi connectivity index (χ4v) is 3.73. The number of nitrogens with zero attached hydrogens (tertiary/aromatic N) is 2. The van der Waals surface area contributed by atoms with Crippen molar-refractivity contribution in [1.82, 2.24) is 5.16 Å². The van der Waals surface area contributed by atoms with Gasteiger partial charge < -0.3 is 20.3 Å². The first-order valence-electron chi connectivity index (χ1n) is 10.6. The molecule has 4 rings (SSSR count). The van der Waals surface area contributed by atoms with Gasteiger partial charge in [0, 0.05) is 18.2 Å². The summed E-state index contributed by atoms with van der Waals surface area (Å²) in [5, 5.41) is 27.8. The molecule has 0 aliphatic heterocycles. The van der Waals surface area contributed by atoms with E-state index in [1.54, 1.807) is 30.3 Å². The number of rotatable bonds is 6. The maximum Gasteiger partial charge on any atom is 0.337 e. The minimum absolute atomic E-state index is 0.0220. The number of carbonyl (C=O) groups excluding carboxylic acids is 3. The molecule has 0 fully saturated rings. The smallest absolute Gasteiger partial charge is 0.337 e. The van der Waals surface area contributed by atoms with Crippen molar-refractivity contribution in [2.24, 2.45) is 0 Å². The van der Waals surface area contributed by atoms with Gasteiger partial charge in [0.1, 0.15) is 0 Å². The van der Waals surface area contributed by atoms with Crippen LogP contribution in [0.4, 0.5) is 11.4 Å². The lowest BCUT2D eigenvalue weighted by Gasteiger charge is -2.10. The van der Waals surface area contributed by atoms with E-state index in [4.69, 9.17) is 9.78 Å². The molecule has 178 valence electrons. The Kier molecular flexibility index (Phi) is 6.30. The molecule has 0 spiro atoms. The molecule has 0 atom stereocenters. The second-order valence-corrected chi connectivity index (χ2v) is 7.87. The topological polar surface area (TPSA) is 162 Å². The van der Waals surface area contributed by atoms with Crippen molar-refractivity contribution < 1.29 is 28.8 Å². The van der Waals surface area contributed by atoms with E-state index in [0.29, 0.717) is 27.8 Å². The second-order valence-electron chi connectivity index (χ2n) is 7.87. The van der Waals surface area contributed by atoms with E-state index >= 15 is 0 Å². The molecule has 0 bridgehead atoms. The number of carboxylic acid groups (broad SMARTS) is 1. The van der Waals surface area contributed by atoms with Gasteiger partial charge in [-0.1, -0.05) is 17.3 Å². The summed E-state index contributed by atoms with van der Waals surface area (Å²) in [4.78, 5) is 48.5. The number of amides is 2. The highest BCUT2D eigenvalue weighted by atomic mass is 16.5. The maximum absolute atomic E-state index is 13.1. The van der Waals surface area contributed by atoms with Crippen LogP contribution >= 0.6 is 0 Å². The average molecular weight is 482 g/mol. The number of nitriles is 1. The molecular weight excluding hydrogens is 464 g/mol. The third kappa shape index (κ3) is 4.67. The van der Waals surface area contributed by atoms with E-state index in [1.807, 2.05) is 6.07 Å². The second kappa shape index (κ2) is 9.52. The van der Waals surface area contributed by atoms with Crippen LogP contribution in [0.3, 0.4) is 0 Å². The molecule has 0 aliphatic carbocycles. The van der Waals surface area contributed by atoms with Crippen molar-refractivity contribution in [2.45, 2.75) is 13.8 Å². The van der Waals surface area contributed by atoms with Crippen LogP contribution in [-0.2, 0) is 4.79 Å². The molecule has 3 aromatic carbocycles. The van der Waals surface area contributed by atoms with Gasteiger partial charge in [-0.2, -0.15) is 5.26 Å². The van der Waals surface area contributed by atoms with Crippen molar-refractivity contribution in [3.63, 3.8) is 0 Å². The summed E-state index contributed by atoms with van der Waals surface area (Å²) < 4.78 is 5.30. The summed E-state index contributed by atoms with van der Waals surface area (Å²) in [5.74, 6) is -2.56. The van der Waals surface area contributed by atoms with Crippen molar-refractivity contribution in [2.75, 3.05) is 10.6 Å². The summed E-state index contributed by atoms with van der Waals surface area (Å²) in [7, 11) is 0. The number of carboxylic acids is 1. The molecule has 0 aliphatic rings. The molecule has 2 amide bonds. The molecule has 1 heterocycles. The minimum atomic E-state index is -1.32. The molecule has 0 saturated heterocycles. The fourth-order valence-electron chi connectivity index (χ4n) is 3.73. The Labute approximate surface area is 204 Å². The van der Waals surface area contributed by atoms with Crippen LogP contribution in [0.1, 0.15) is 50.6 Å². The van der Waals surface area contributed by atoms with Gasteiger partial charge in [0.25, 0.3) is 5.91 Å². The van der Waals surface area contributed by atoms with Crippen LogP contribution in [0.5, 0.6) is 0 Å². The molecule has 1 aromatic heterocycles. The standard InChI is InChI=1S/C26H18N4O6/c1-13(31)18-11-23-21(10-19(18)16-4-3-5-17(9-16)28-14(2)32)24(30-36-23)25(33)29-22-7-6-15(12-27)8-20(22)26(34)35/h3-11H,1-2H3,(H,28,32)(H,29,33)(H,34,35). The van der Waals surface area contributed by atoms with Crippen LogP contribution in [-0.4, -0.2) is 33.8 Å². The number of benzene rings is 3. The van der Waals surface area contributed by atoms with E-state index in [0.717, 1.165) is 6.07 Å². The summed E-state index contributed by atoms with van der Waals surface area (Å²) in [6.45, 7) is 2.77. The molecule has 0 saturated carbocycles. The van der Waals surface area contributed by atoms with E-state index in [1.165, 1.54) is 32.0 Å². The monoisotopic (exact) mass is 482 g/mol. The Morgan fingerprint density at radius 3 is 2.42 bits per heavy atom. The van der Waals surface area contributed by atoms with Crippen molar-refractivity contribution in [3.05, 3.63) is 77.0 Å². The van der Waals surface area contributed by atoms with Gasteiger partial charge in [0.2, 0.25) is 5.91 Å². The van der Waals surface area contributed by atoms with Gasteiger partial charge in [-0.3, -0.25) is 14.4 Å². The number of nitrogens with one attached hydrogen (secondary N) is 2. The maximum atomic E-state index is 13.1. The summed E-state index contributed by atoms with van der Waals surface area (Å²) >= 11 is 0. The number of ketones is 1. The SMILES string of the molecule is CC(=O)Nc1cccc(-c2cc3c(C(=O)Nc4ccc(C#N)cc4C(=O)O)noc3cc2C(C)=O)c1. The molecule has 36 heavy (non-hydrogen) atoms. The van der Waals surface area contributed by atoms with Crippen LogP contribution in [0.15, 0.2) is 59.1 Å². The van der Waals surface area contributed by atoms with Crippen LogP contribution < -0.4 is 10.6 Å². The number of Topliss-reactive ketones (excluding diaryl/α,β-unsaturated/α-hetero) is 1. The number of aromatic carboxylic acids is 1. The molecule has 0 radical (unpaired) electrons. The Morgan fingerprint density at radius 1 is 0.972 bits per heavy atom. The van der Waals surface area contributed by atoms with Gasteiger partial charge in [-0.15, -0.1) is 0 Å². The first kappa shape index (κ1) is 23.8. The lowest BCUT2D eigenvalue weighted by Crippen LogP contribution is -2.15. The Morgan fingerprint density at radius 2 is 1.75 bits per heavy atom. The minimum Gasteiger partial charge on any atom is -0.478 e. The van der Waals surface area contributed by atoms with Gasteiger partial charge in [0.15, 0.2) is 17.1 Å². The summed E-state index contributed by atoms with van der Waals surface area (Å²) in [6, 6.07) is 15.6. The summed E-state index contributed by atoms with van der Waals surface area (Å²) in [6.07, 6.45) is 0. The lowest BCUT2D eigenvalue weighted by molar-refractivity contribution is -0.114. The number of fused-ring (bicyclic) bond motifs is 1. The van der Waals surface area contributed by atoms with E-state index < -0.39 is 11.9 Å². The van der Waals surface area contributed by atoms with Crippen LogP contribution in [0.2, 0.25) is 0 Å². The van der Waals surface area contributed by atoms with E-state index in [2.05, 4.69) is 15.8 Å². The van der Waals surface area contributed by atoms with Crippen molar-refractivity contribution >= 4 is 45.9 Å². The zero-order chi connectivity index (χ0) is 26.0. The Bertz CT molecular complexity index is 1610. The van der Waals surface area contributed by atoms with Gasteiger partial charge in [-0.25, -0.2) is 4.79 Å². The van der Waals surface area contributed by atoms with E-state index in [-0.39, 0.29) is 39.8 Å². The van der Waals surface area contributed by atoms with Gasteiger partial charge >= 0.3 is 5.97 Å². The predicted octanol–water partition coefficient (Wildman–Crippen LogP) is 4.48. The fraction of sp³-hybridized carbons (Fsp3) is 0.0769. The predicted molar refractivity (Wildman–Crippen MR) is 130 cm³/mol. The zero-order valence-corrected chi connectivity index (χ0v) is 19.1. The zero-order valence-electron chi connectivity index (χ0n) is 19.1. The molecular formula is C26H18N4O6. The number of anilines is 2. The number of carbonyl (C=O) groups is 4. The quantitative estimate of drug-likeness (QED) is 0.339. The highest BCUT2D eigenvalue weighted by molar-refractivity contribution is 6.14. The first-order chi connectivity index (χ1) is 17.2. The third-order valence-corrected chi connectivity index (χ3v) is 5.33. The normalized spacial score (nSPS) is 10.5. The number of hydrogen-bond donors (Lipinski definition) is 3. The highest BCUT2D eigenvalue weighted by Gasteiger charge is 2.22. The average Bonchev–Trinajstić information content (AvgIpc) is 3.26. The molecule has 4 aromatic rings. The molecule has 10 heteroatoms. The van der Waals surface area contributed by atoms with E-state index in [9.17, 15) is 24.3 Å². The lowest BCUT2D eigenvalue weighted by atomic mass is 9.95. The molecule has 0 unspecified atom stereocenters. The summed E-state index contributed by atoms with van der Waals surface area (Å²) in [5.41, 5.74) is 1.86. The Balaban J connectivity index is 1.79.